The fourth-order valence-electron chi connectivity index (χ4n) is 1.34. The van der Waals surface area contributed by atoms with Gasteiger partial charge in [-0.25, -0.2) is 19.6 Å². The molecule has 110 valence electrons. The van der Waals surface area contributed by atoms with Crippen molar-refractivity contribution in [3.8, 4) is 0 Å². The Morgan fingerprint density at radius 2 is 1.05 bits per heavy atom. The van der Waals surface area contributed by atoms with Crippen molar-refractivity contribution in [3.63, 3.8) is 0 Å². The van der Waals surface area contributed by atoms with Gasteiger partial charge in [0.25, 0.3) is 0 Å². The van der Waals surface area contributed by atoms with Crippen LogP contribution in [-0.4, -0.2) is 23.7 Å². The summed E-state index contributed by atoms with van der Waals surface area (Å²) < 4.78 is 9.68. The van der Waals surface area contributed by atoms with E-state index in [0.29, 0.717) is 0 Å². The predicted octanol–water partition coefficient (Wildman–Crippen LogP) is 2.15. The van der Waals surface area contributed by atoms with Crippen molar-refractivity contribution >= 4 is 23.7 Å². The van der Waals surface area contributed by atoms with Gasteiger partial charge in [0.15, 0.2) is 0 Å². The lowest BCUT2D eigenvalue weighted by Gasteiger charge is -2.04. The summed E-state index contributed by atoms with van der Waals surface area (Å²) in [6.45, 7) is 0. The molecule has 0 atom stereocenters. The van der Waals surface area contributed by atoms with Crippen LogP contribution >= 0.6 is 0 Å². The van der Waals surface area contributed by atoms with Crippen LogP contribution in [-0.2, 0) is 19.1 Å². The molecule has 0 saturated heterocycles. The molecule has 0 fully saturated rings. The van der Waals surface area contributed by atoms with E-state index in [-0.39, 0.29) is 11.8 Å². The number of esters is 2. The van der Waals surface area contributed by atoms with Crippen LogP contribution in [0, 0.1) is 0 Å². The van der Waals surface area contributed by atoms with E-state index in [0.717, 1.165) is 0 Å². The predicted molar refractivity (Wildman–Crippen MR) is 81.9 cm³/mol. The minimum absolute atomic E-state index is 0.0134. The topological polar surface area (TPSA) is 77.3 Å². The largest absolute Gasteiger partial charge is 0.424 e. The number of allylic oxidation sites excluding steroid dienone is 8. The molecule has 0 amide bonds. The number of rotatable bonds is 0. The third-order valence-corrected chi connectivity index (χ3v) is 2.28. The molecule has 0 saturated carbocycles. The first kappa shape index (κ1) is 15.1. The van der Waals surface area contributed by atoms with Crippen molar-refractivity contribution in [2.45, 2.75) is 0 Å². The summed E-state index contributed by atoms with van der Waals surface area (Å²) in [6.07, 6.45) is 19.3. The molecule has 0 aliphatic carbocycles. The highest BCUT2D eigenvalue weighted by molar-refractivity contribution is 6.34. The van der Waals surface area contributed by atoms with Crippen LogP contribution in [0.5, 0.6) is 0 Å². The number of hydrogen-bond donors (Lipinski definition) is 0. The van der Waals surface area contributed by atoms with Gasteiger partial charge in [0.2, 0.25) is 11.8 Å². The van der Waals surface area contributed by atoms with Crippen molar-refractivity contribution in [2.75, 3.05) is 0 Å². The van der Waals surface area contributed by atoms with E-state index in [1.165, 1.54) is 24.6 Å². The Morgan fingerprint density at radius 3 is 1.50 bits per heavy atom. The molecule has 0 aromatic rings. The Hall–Kier alpha value is -3.28. The summed E-state index contributed by atoms with van der Waals surface area (Å²) in [5.41, 5.74) is 0. The molecule has 0 unspecified atom stereocenters. The summed E-state index contributed by atoms with van der Waals surface area (Å²) in [4.78, 5) is 31.1. The van der Waals surface area contributed by atoms with E-state index in [1.807, 2.05) is 0 Å². The van der Waals surface area contributed by atoms with Gasteiger partial charge in [0.05, 0.1) is 0 Å². The third kappa shape index (κ3) is 5.01. The number of hydrogen-bond acceptors (Lipinski definition) is 6. The van der Waals surface area contributed by atoms with E-state index in [1.54, 1.807) is 48.6 Å². The van der Waals surface area contributed by atoms with Crippen LogP contribution in [0.25, 0.3) is 0 Å². The molecular weight excluding hydrogens is 284 g/mol. The maximum absolute atomic E-state index is 11.7. The molecule has 6 heteroatoms. The Bertz CT molecular complexity index is 629. The van der Waals surface area contributed by atoms with Gasteiger partial charge < -0.3 is 9.47 Å². The molecule has 0 aromatic carbocycles. The Labute approximate surface area is 126 Å². The zero-order valence-electron chi connectivity index (χ0n) is 11.5. The lowest BCUT2D eigenvalue weighted by molar-refractivity contribution is -0.157. The zero-order chi connectivity index (χ0) is 15.6. The van der Waals surface area contributed by atoms with Gasteiger partial charge in [-0.15, -0.1) is 0 Å². The van der Waals surface area contributed by atoms with Crippen LogP contribution in [0.2, 0.25) is 0 Å². The molecule has 2 heterocycles. The van der Waals surface area contributed by atoms with Crippen LogP contribution in [0.1, 0.15) is 0 Å². The zero-order valence-corrected chi connectivity index (χ0v) is 11.5. The molecular formula is C16H12N2O4. The first-order chi connectivity index (χ1) is 10.8. The van der Waals surface area contributed by atoms with Crippen molar-refractivity contribution in [3.05, 3.63) is 73.2 Å². The third-order valence-electron chi connectivity index (χ3n) is 2.28. The normalized spacial score (nSPS) is 16.0. The Kier molecular flexibility index (Phi) is 5.57. The average Bonchev–Trinajstić information content (AvgIpc) is 2.44. The first-order valence-electron chi connectivity index (χ1n) is 6.35. The minimum Gasteiger partial charge on any atom is -0.399 e. The van der Waals surface area contributed by atoms with Gasteiger partial charge in [-0.1, -0.05) is 36.5 Å². The van der Waals surface area contributed by atoms with Crippen LogP contribution in [0.15, 0.2) is 83.1 Å². The molecule has 2 aliphatic rings. The monoisotopic (exact) mass is 296 g/mol. The van der Waals surface area contributed by atoms with E-state index < -0.39 is 11.9 Å². The number of aliphatic imine (C=N–C) groups is 2. The fraction of sp³-hybridized carbons (Fsp3) is 0. The lowest BCUT2D eigenvalue weighted by atomic mass is 10.4. The highest BCUT2D eigenvalue weighted by atomic mass is 16.6. The smallest absolute Gasteiger partial charge is 0.399 e. The molecule has 22 heavy (non-hydrogen) atoms. The molecule has 2 aliphatic heterocycles. The minimum atomic E-state index is -1.18. The van der Waals surface area contributed by atoms with Gasteiger partial charge in [0.1, 0.15) is 0 Å². The van der Waals surface area contributed by atoms with Crippen LogP contribution in [0.3, 0.4) is 0 Å². The van der Waals surface area contributed by atoms with Crippen LogP contribution < -0.4 is 0 Å². The molecule has 0 spiro atoms. The summed E-state index contributed by atoms with van der Waals surface area (Å²) in [7, 11) is 0. The molecule has 0 radical (unpaired) electrons. The highest BCUT2D eigenvalue weighted by Gasteiger charge is 2.21. The van der Waals surface area contributed by atoms with E-state index in [9.17, 15) is 9.59 Å². The number of nitrogens with zero attached hydrogens (tertiary/aromatic N) is 2. The van der Waals surface area contributed by atoms with Gasteiger partial charge in [-0.05, 0) is 12.2 Å². The maximum atomic E-state index is 11.7. The second kappa shape index (κ2) is 8.11. The summed E-state index contributed by atoms with van der Waals surface area (Å²) >= 11 is 0. The standard InChI is InChI=1S/C16H12N2O4/c19-15(21-13-9-5-1-3-7-11-17-13)16(20)22-14-10-6-2-4-8-12-18-14/h1-12H. The molecule has 6 nitrogen and oxygen atoms in total. The summed E-state index contributed by atoms with van der Waals surface area (Å²) in [6, 6.07) is 0. The number of ether oxygens (including phenoxy) is 2. The SMILES string of the molecule is O=C(OC1=NC=CC=CC=C1)C(=O)OC1=NC=CC=CC=C1. The molecule has 0 bridgehead atoms. The van der Waals surface area contributed by atoms with Gasteiger partial charge in [-0.3, -0.25) is 0 Å². The van der Waals surface area contributed by atoms with Crippen molar-refractivity contribution in [2.24, 2.45) is 9.98 Å². The fourth-order valence-corrected chi connectivity index (χ4v) is 1.34. The quantitative estimate of drug-likeness (QED) is 0.507. The van der Waals surface area contributed by atoms with E-state index in [4.69, 9.17) is 9.47 Å². The van der Waals surface area contributed by atoms with Gasteiger partial charge in [-0.2, -0.15) is 0 Å². The molecule has 0 aromatic heterocycles. The Morgan fingerprint density at radius 1 is 0.636 bits per heavy atom. The summed E-state index contributed by atoms with van der Waals surface area (Å²) in [5, 5.41) is 0. The van der Waals surface area contributed by atoms with E-state index >= 15 is 0 Å². The highest BCUT2D eigenvalue weighted by Crippen LogP contribution is 1.98. The van der Waals surface area contributed by atoms with Crippen molar-refractivity contribution < 1.29 is 19.1 Å². The number of carbonyl (C=O) groups is 2. The second-order valence-corrected chi connectivity index (χ2v) is 3.88. The first-order valence-corrected chi connectivity index (χ1v) is 6.35. The summed E-state index contributed by atoms with van der Waals surface area (Å²) in [5.74, 6) is -2.39. The van der Waals surface area contributed by atoms with Crippen molar-refractivity contribution in [1.29, 1.82) is 0 Å². The molecule has 0 N–H and O–H groups in total. The lowest BCUT2D eigenvalue weighted by Crippen LogP contribution is -2.24. The van der Waals surface area contributed by atoms with Crippen LogP contribution in [0.4, 0.5) is 0 Å². The molecule has 2 rings (SSSR count). The van der Waals surface area contributed by atoms with Gasteiger partial charge in [0, 0.05) is 24.6 Å². The second-order valence-electron chi connectivity index (χ2n) is 3.88. The maximum Gasteiger partial charge on any atom is 0.424 e. The van der Waals surface area contributed by atoms with E-state index in [2.05, 4.69) is 9.98 Å². The Balaban J connectivity index is 1.96. The van der Waals surface area contributed by atoms with Crippen molar-refractivity contribution in [1.82, 2.24) is 0 Å². The average molecular weight is 296 g/mol. The number of carbonyl (C=O) groups excluding carboxylic acids is 2. The van der Waals surface area contributed by atoms with Gasteiger partial charge >= 0.3 is 11.9 Å².